The summed E-state index contributed by atoms with van der Waals surface area (Å²) in [5, 5.41) is 0. The fourth-order valence-corrected chi connectivity index (χ4v) is 1.01. The molecule has 0 saturated heterocycles. The van der Waals surface area contributed by atoms with Crippen LogP contribution < -0.4 is 0 Å². The summed E-state index contributed by atoms with van der Waals surface area (Å²) >= 11 is 0. The van der Waals surface area contributed by atoms with Gasteiger partial charge in [-0.1, -0.05) is 0 Å². The second-order valence-corrected chi connectivity index (χ2v) is 2.62. The fourth-order valence-electron chi connectivity index (χ4n) is 1.01. The number of Topliss-reactive ketones (excluding diaryl/α,β-unsaturated/α-hetero) is 1. The highest BCUT2D eigenvalue weighted by Crippen LogP contribution is 2.15. The van der Waals surface area contributed by atoms with Gasteiger partial charge >= 0.3 is 0 Å². The van der Waals surface area contributed by atoms with Crippen LogP contribution in [-0.2, 0) is 0 Å². The lowest BCUT2D eigenvalue weighted by Gasteiger charge is -2.02. The Morgan fingerprint density at radius 3 is 2.42 bits per heavy atom. The number of benzene rings is 1. The van der Waals surface area contributed by atoms with Crippen LogP contribution in [0.25, 0.3) is 0 Å². The molecular weight excluding hydrogens is 162 g/mol. The molecule has 1 aromatic rings. The van der Waals surface area contributed by atoms with Crippen LogP contribution in [0.15, 0.2) is 12.1 Å². The largest absolute Gasteiger partial charge is 0.294 e. The molecule has 12 heavy (non-hydrogen) atoms. The van der Waals surface area contributed by atoms with Gasteiger partial charge in [0.25, 0.3) is 0 Å². The summed E-state index contributed by atoms with van der Waals surface area (Å²) in [4.78, 5) is 10.8. The molecule has 0 aliphatic rings. The highest BCUT2D eigenvalue weighted by molar-refractivity contribution is 5.95. The van der Waals surface area contributed by atoms with E-state index in [0.717, 1.165) is 12.1 Å². The van der Waals surface area contributed by atoms with E-state index < -0.39 is 11.6 Å². The number of carbonyl (C=O) groups is 1. The van der Waals surface area contributed by atoms with Crippen LogP contribution >= 0.6 is 0 Å². The van der Waals surface area contributed by atoms with E-state index in [4.69, 9.17) is 0 Å². The van der Waals surface area contributed by atoms with Crippen molar-refractivity contribution in [2.24, 2.45) is 0 Å². The standard InChI is InChI=1S/C9H8F2O/c1-5-8(6(2)12)3-7(10)4-9(5)11/h3-4H,1-2H3. The van der Waals surface area contributed by atoms with Gasteiger partial charge in [0.15, 0.2) is 5.78 Å². The van der Waals surface area contributed by atoms with Gasteiger partial charge in [0.05, 0.1) is 0 Å². The van der Waals surface area contributed by atoms with E-state index in [0.29, 0.717) is 0 Å². The summed E-state index contributed by atoms with van der Waals surface area (Å²) in [7, 11) is 0. The topological polar surface area (TPSA) is 17.1 Å². The Morgan fingerprint density at radius 1 is 1.33 bits per heavy atom. The first-order chi connectivity index (χ1) is 5.52. The zero-order valence-corrected chi connectivity index (χ0v) is 6.82. The number of hydrogen-bond acceptors (Lipinski definition) is 1. The predicted octanol–water partition coefficient (Wildman–Crippen LogP) is 2.48. The third-order valence-electron chi connectivity index (χ3n) is 1.69. The molecule has 0 atom stereocenters. The first-order valence-electron chi connectivity index (χ1n) is 3.49. The van der Waals surface area contributed by atoms with Crippen molar-refractivity contribution in [1.82, 2.24) is 0 Å². The molecule has 0 heterocycles. The predicted molar refractivity (Wildman–Crippen MR) is 41.1 cm³/mol. The van der Waals surface area contributed by atoms with Gasteiger partial charge in [0.1, 0.15) is 11.6 Å². The maximum atomic E-state index is 12.8. The summed E-state index contributed by atoms with van der Waals surface area (Å²) < 4.78 is 25.4. The van der Waals surface area contributed by atoms with Crippen LogP contribution in [0.4, 0.5) is 8.78 Å². The quantitative estimate of drug-likeness (QED) is 0.592. The Kier molecular flexibility index (Phi) is 2.22. The Balaban J connectivity index is 3.37. The van der Waals surface area contributed by atoms with Gasteiger partial charge in [-0.2, -0.15) is 0 Å². The second-order valence-electron chi connectivity index (χ2n) is 2.62. The van der Waals surface area contributed by atoms with E-state index in [1.807, 2.05) is 0 Å². The molecule has 3 heteroatoms. The molecule has 1 rings (SSSR count). The van der Waals surface area contributed by atoms with Gasteiger partial charge in [0, 0.05) is 11.6 Å². The molecular formula is C9H8F2O. The van der Waals surface area contributed by atoms with E-state index in [-0.39, 0.29) is 16.9 Å². The lowest BCUT2D eigenvalue weighted by Crippen LogP contribution is -1.99. The normalized spacial score (nSPS) is 10.0. The van der Waals surface area contributed by atoms with Gasteiger partial charge in [0.2, 0.25) is 0 Å². The maximum Gasteiger partial charge on any atom is 0.160 e. The number of hydrogen-bond donors (Lipinski definition) is 0. The van der Waals surface area contributed by atoms with Crippen molar-refractivity contribution < 1.29 is 13.6 Å². The van der Waals surface area contributed by atoms with E-state index in [2.05, 4.69) is 0 Å². The highest BCUT2D eigenvalue weighted by atomic mass is 19.1. The lowest BCUT2D eigenvalue weighted by molar-refractivity contribution is 0.101. The van der Waals surface area contributed by atoms with Crippen molar-refractivity contribution in [1.29, 1.82) is 0 Å². The molecule has 0 aliphatic heterocycles. The Bertz CT molecular complexity index is 332. The van der Waals surface area contributed by atoms with Crippen LogP contribution in [0, 0.1) is 18.6 Å². The van der Waals surface area contributed by atoms with Crippen molar-refractivity contribution >= 4 is 5.78 Å². The minimum atomic E-state index is -0.719. The van der Waals surface area contributed by atoms with Crippen LogP contribution in [0.5, 0.6) is 0 Å². The second kappa shape index (κ2) is 3.01. The monoisotopic (exact) mass is 170 g/mol. The molecule has 0 fully saturated rings. The first kappa shape index (κ1) is 8.84. The number of rotatable bonds is 1. The average molecular weight is 170 g/mol. The molecule has 0 aliphatic carbocycles. The van der Waals surface area contributed by atoms with Crippen LogP contribution in [0.2, 0.25) is 0 Å². The van der Waals surface area contributed by atoms with E-state index >= 15 is 0 Å². The van der Waals surface area contributed by atoms with Crippen molar-refractivity contribution in [2.75, 3.05) is 0 Å². The van der Waals surface area contributed by atoms with Crippen LogP contribution in [0.1, 0.15) is 22.8 Å². The van der Waals surface area contributed by atoms with Crippen molar-refractivity contribution in [2.45, 2.75) is 13.8 Å². The first-order valence-corrected chi connectivity index (χ1v) is 3.49. The molecule has 0 spiro atoms. The smallest absolute Gasteiger partial charge is 0.160 e. The molecule has 0 unspecified atom stereocenters. The molecule has 0 amide bonds. The summed E-state index contributed by atoms with van der Waals surface area (Å²) in [5.74, 6) is -1.73. The van der Waals surface area contributed by atoms with Gasteiger partial charge in [-0.3, -0.25) is 4.79 Å². The SMILES string of the molecule is CC(=O)c1cc(F)cc(F)c1C. The molecule has 0 N–H and O–H groups in total. The highest BCUT2D eigenvalue weighted by Gasteiger charge is 2.09. The molecule has 1 nitrogen and oxygen atoms in total. The number of ketones is 1. The van der Waals surface area contributed by atoms with Gasteiger partial charge in [-0.05, 0) is 25.5 Å². The van der Waals surface area contributed by atoms with Crippen molar-refractivity contribution in [3.8, 4) is 0 Å². The number of halogens is 2. The third-order valence-corrected chi connectivity index (χ3v) is 1.69. The van der Waals surface area contributed by atoms with Gasteiger partial charge in [-0.15, -0.1) is 0 Å². The molecule has 0 saturated carbocycles. The van der Waals surface area contributed by atoms with Crippen molar-refractivity contribution in [3.05, 3.63) is 34.9 Å². The average Bonchev–Trinajstić information content (AvgIpc) is 1.96. The maximum absolute atomic E-state index is 12.8. The molecule has 1 aromatic carbocycles. The Hall–Kier alpha value is -1.25. The summed E-state index contributed by atoms with van der Waals surface area (Å²) in [6, 6.07) is 1.81. The van der Waals surface area contributed by atoms with E-state index in [9.17, 15) is 13.6 Å². The summed E-state index contributed by atoms with van der Waals surface area (Å²) in [5.41, 5.74) is 0.302. The van der Waals surface area contributed by atoms with Gasteiger partial charge in [-0.25, -0.2) is 8.78 Å². The molecule has 0 radical (unpaired) electrons. The Labute approximate surface area is 69.0 Å². The number of carbonyl (C=O) groups excluding carboxylic acids is 1. The fraction of sp³-hybridized carbons (Fsp3) is 0.222. The summed E-state index contributed by atoms with van der Waals surface area (Å²) in [6.07, 6.45) is 0. The van der Waals surface area contributed by atoms with Crippen molar-refractivity contribution in [3.63, 3.8) is 0 Å². The van der Waals surface area contributed by atoms with E-state index in [1.54, 1.807) is 0 Å². The molecule has 0 bridgehead atoms. The zero-order valence-electron chi connectivity index (χ0n) is 6.82. The van der Waals surface area contributed by atoms with Crippen LogP contribution in [-0.4, -0.2) is 5.78 Å². The zero-order chi connectivity index (χ0) is 9.30. The molecule has 64 valence electrons. The molecule has 0 aromatic heterocycles. The van der Waals surface area contributed by atoms with E-state index in [1.165, 1.54) is 13.8 Å². The minimum absolute atomic E-state index is 0.104. The Morgan fingerprint density at radius 2 is 1.92 bits per heavy atom. The minimum Gasteiger partial charge on any atom is -0.294 e. The van der Waals surface area contributed by atoms with Gasteiger partial charge < -0.3 is 0 Å². The lowest BCUT2D eigenvalue weighted by atomic mass is 10.1. The summed E-state index contributed by atoms with van der Waals surface area (Å²) in [6.45, 7) is 2.73. The third kappa shape index (κ3) is 1.49. The van der Waals surface area contributed by atoms with Crippen LogP contribution in [0.3, 0.4) is 0 Å².